The molecule has 30 heavy (non-hydrogen) atoms. The van der Waals surface area contributed by atoms with Gasteiger partial charge in [0.15, 0.2) is 6.29 Å². The molecule has 2 N–H and O–H groups in total. The number of aliphatic hydroxyl groups is 2. The van der Waals surface area contributed by atoms with Crippen molar-refractivity contribution in [2.75, 3.05) is 20.8 Å². The number of carbonyl (C=O) groups excluding carboxylic acids is 1. The molecule has 162 valence electrons. The van der Waals surface area contributed by atoms with Crippen LogP contribution in [0.2, 0.25) is 0 Å². The number of hydrogen-bond donors (Lipinski definition) is 2. The number of methoxy groups -OCH3 is 2. The zero-order valence-electron chi connectivity index (χ0n) is 16.9. The van der Waals surface area contributed by atoms with Crippen molar-refractivity contribution in [1.82, 2.24) is 0 Å². The van der Waals surface area contributed by atoms with E-state index in [1.807, 2.05) is 18.2 Å². The molecule has 0 spiro atoms. The molecule has 0 radical (unpaired) electrons. The molecule has 1 aliphatic rings. The summed E-state index contributed by atoms with van der Waals surface area (Å²) in [6.45, 7) is 0.194. The Bertz CT molecular complexity index is 803. The quantitative estimate of drug-likeness (QED) is 0.630. The van der Waals surface area contributed by atoms with E-state index in [2.05, 4.69) is 0 Å². The zero-order chi connectivity index (χ0) is 21.5. The van der Waals surface area contributed by atoms with Crippen LogP contribution in [-0.2, 0) is 16.1 Å². The third kappa shape index (κ3) is 5.63. The fraction of sp³-hybridized carbons (Fsp3) is 0.409. The van der Waals surface area contributed by atoms with Crippen LogP contribution >= 0.6 is 0 Å². The van der Waals surface area contributed by atoms with Gasteiger partial charge in [-0.05, 0) is 36.4 Å². The molecule has 1 saturated heterocycles. The molecule has 8 heteroatoms. The average Bonchev–Trinajstić information content (AvgIpc) is 2.75. The highest BCUT2D eigenvalue weighted by Gasteiger charge is 2.28. The normalized spacial score (nSPS) is 21.0. The topological polar surface area (TPSA) is 104 Å². The van der Waals surface area contributed by atoms with E-state index in [1.165, 1.54) is 0 Å². The predicted molar refractivity (Wildman–Crippen MR) is 107 cm³/mol. The highest BCUT2D eigenvalue weighted by Crippen LogP contribution is 2.29. The Hall–Kier alpha value is -2.81. The van der Waals surface area contributed by atoms with Crippen LogP contribution in [-0.4, -0.2) is 55.5 Å². The molecule has 0 saturated carbocycles. The Morgan fingerprint density at radius 1 is 1.03 bits per heavy atom. The van der Waals surface area contributed by atoms with Gasteiger partial charge in [-0.3, -0.25) is 0 Å². The predicted octanol–water partition coefficient (Wildman–Crippen LogP) is 2.30. The van der Waals surface area contributed by atoms with Gasteiger partial charge in [-0.15, -0.1) is 0 Å². The smallest absolute Gasteiger partial charge is 0.338 e. The van der Waals surface area contributed by atoms with Crippen molar-refractivity contribution < 1.29 is 38.7 Å². The maximum atomic E-state index is 12.2. The fourth-order valence-corrected chi connectivity index (χ4v) is 3.24. The van der Waals surface area contributed by atoms with Crippen molar-refractivity contribution in [3.8, 4) is 17.2 Å². The first-order chi connectivity index (χ1) is 14.5. The van der Waals surface area contributed by atoms with Crippen molar-refractivity contribution in [3.05, 3.63) is 53.6 Å². The Morgan fingerprint density at radius 2 is 1.70 bits per heavy atom. The fourth-order valence-electron chi connectivity index (χ4n) is 3.24. The van der Waals surface area contributed by atoms with E-state index >= 15 is 0 Å². The number of carbonyl (C=O) groups is 1. The maximum Gasteiger partial charge on any atom is 0.338 e. The van der Waals surface area contributed by atoms with Gasteiger partial charge < -0.3 is 33.9 Å². The van der Waals surface area contributed by atoms with E-state index in [9.17, 15) is 15.0 Å². The summed E-state index contributed by atoms with van der Waals surface area (Å²) >= 11 is 0. The molecule has 3 unspecified atom stereocenters. The van der Waals surface area contributed by atoms with E-state index in [-0.39, 0.29) is 19.6 Å². The third-order valence-corrected chi connectivity index (χ3v) is 4.76. The second-order valence-electron chi connectivity index (χ2n) is 6.89. The van der Waals surface area contributed by atoms with Gasteiger partial charge in [-0.25, -0.2) is 4.79 Å². The van der Waals surface area contributed by atoms with Crippen LogP contribution in [0.1, 0.15) is 28.8 Å². The number of ether oxygens (including phenoxy) is 5. The second-order valence-corrected chi connectivity index (χ2v) is 6.89. The summed E-state index contributed by atoms with van der Waals surface area (Å²) in [5.74, 6) is 1.37. The maximum absolute atomic E-state index is 12.2. The number of esters is 1. The van der Waals surface area contributed by atoms with Crippen LogP contribution in [0.4, 0.5) is 0 Å². The van der Waals surface area contributed by atoms with Crippen molar-refractivity contribution in [2.45, 2.75) is 37.9 Å². The Balaban J connectivity index is 1.54. The van der Waals surface area contributed by atoms with Gasteiger partial charge in [0.2, 0.25) is 0 Å². The summed E-state index contributed by atoms with van der Waals surface area (Å²) in [5.41, 5.74) is 1.14. The van der Waals surface area contributed by atoms with Crippen LogP contribution in [0.15, 0.2) is 42.5 Å². The van der Waals surface area contributed by atoms with E-state index in [0.717, 1.165) is 5.56 Å². The van der Waals surface area contributed by atoms with Crippen molar-refractivity contribution >= 4 is 5.97 Å². The lowest BCUT2D eigenvalue weighted by molar-refractivity contribution is -0.197. The number of hydrogen-bond acceptors (Lipinski definition) is 8. The second kappa shape index (κ2) is 10.3. The molecular weight excluding hydrogens is 392 g/mol. The van der Waals surface area contributed by atoms with Gasteiger partial charge in [0, 0.05) is 12.8 Å². The molecule has 0 aromatic heterocycles. The minimum absolute atomic E-state index is 0.0429. The number of rotatable bonds is 8. The van der Waals surface area contributed by atoms with Crippen LogP contribution in [0.3, 0.4) is 0 Å². The molecule has 3 atom stereocenters. The van der Waals surface area contributed by atoms with Crippen LogP contribution in [0, 0.1) is 0 Å². The summed E-state index contributed by atoms with van der Waals surface area (Å²) in [4.78, 5) is 12.2. The number of benzene rings is 2. The molecule has 1 heterocycles. The minimum atomic E-state index is -1.05. The Morgan fingerprint density at radius 3 is 2.30 bits per heavy atom. The summed E-state index contributed by atoms with van der Waals surface area (Å²) < 4.78 is 27.0. The standard InChI is InChI=1S/C22H26O8/c1-26-19-4-3-5-20(27-2)18(19)13-28-16-8-6-14(7-9-16)22(25)29-12-17-10-15(23)11-21(24)30-17/h3-9,15,17,21,23-24H,10-13H2,1-2H3. The van der Waals surface area contributed by atoms with Gasteiger partial charge in [0.1, 0.15) is 30.5 Å². The van der Waals surface area contributed by atoms with E-state index in [4.69, 9.17) is 23.7 Å². The lowest BCUT2D eigenvalue weighted by Crippen LogP contribution is -2.38. The average molecular weight is 418 g/mol. The molecule has 1 aliphatic heterocycles. The molecule has 3 rings (SSSR count). The van der Waals surface area contributed by atoms with Crippen molar-refractivity contribution in [2.24, 2.45) is 0 Å². The van der Waals surface area contributed by atoms with E-state index in [0.29, 0.717) is 29.2 Å². The number of aliphatic hydroxyl groups excluding tert-OH is 2. The first-order valence-electron chi connectivity index (χ1n) is 9.61. The van der Waals surface area contributed by atoms with E-state index < -0.39 is 24.5 Å². The lowest BCUT2D eigenvalue weighted by atomic mass is 10.1. The van der Waals surface area contributed by atoms with Crippen LogP contribution in [0.5, 0.6) is 17.2 Å². The third-order valence-electron chi connectivity index (χ3n) is 4.76. The molecule has 0 amide bonds. The monoisotopic (exact) mass is 418 g/mol. The summed E-state index contributed by atoms with van der Waals surface area (Å²) in [6, 6.07) is 12.0. The first kappa shape index (κ1) is 21.9. The van der Waals surface area contributed by atoms with Crippen molar-refractivity contribution in [3.63, 3.8) is 0 Å². The molecule has 2 aromatic rings. The van der Waals surface area contributed by atoms with Gasteiger partial charge in [0.05, 0.1) is 37.6 Å². The summed E-state index contributed by atoms with van der Waals surface area (Å²) in [6.07, 6.45) is -1.78. The molecular formula is C22H26O8. The van der Waals surface area contributed by atoms with Crippen molar-refractivity contribution in [1.29, 1.82) is 0 Å². The molecule has 0 aliphatic carbocycles. The van der Waals surface area contributed by atoms with Crippen LogP contribution in [0.25, 0.3) is 0 Å². The largest absolute Gasteiger partial charge is 0.496 e. The highest BCUT2D eigenvalue weighted by atomic mass is 16.6. The summed E-state index contributed by atoms with van der Waals surface area (Å²) in [5, 5.41) is 19.2. The zero-order valence-corrected chi connectivity index (χ0v) is 16.9. The van der Waals surface area contributed by atoms with Gasteiger partial charge in [0.25, 0.3) is 0 Å². The Labute approximate surface area is 174 Å². The van der Waals surface area contributed by atoms with Crippen LogP contribution < -0.4 is 14.2 Å². The highest BCUT2D eigenvalue weighted by molar-refractivity contribution is 5.89. The molecule has 2 aromatic carbocycles. The first-order valence-corrected chi connectivity index (χ1v) is 9.61. The SMILES string of the molecule is COc1cccc(OC)c1COc1ccc(C(=O)OCC2CC(O)CC(O)O2)cc1. The Kier molecular flexibility index (Phi) is 7.51. The van der Waals surface area contributed by atoms with Gasteiger partial charge >= 0.3 is 5.97 Å². The van der Waals surface area contributed by atoms with E-state index in [1.54, 1.807) is 38.5 Å². The molecule has 0 bridgehead atoms. The summed E-state index contributed by atoms with van der Waals surface area (Å²) in [7, 11) is 3.16. The van der Waals surface area contributed by atoms with Gasteiger partial charge in [-0.1, -0.05) is 6.07 Å². The molecule has 8 nitrogen and oxygen atoms in total. The molecule has 1 fully saturated rings. The lowest BCUT2D eigenvalue weighted by Gasteiger charge is -2.29. The van der Waals surface area contributed by atoms with Gasteiger partial charge in [-0.2, -0.15) is 0 Å². The minimum Gasteiger partial charge on any atom is -0.496 e.